The third-order valence-corrected chi connectivity index (χ3v) is 3.66. The first-order valence-corrected chi connectivity index (χ1v) is 6.43. The molecule has 106 valence electrons. The Morgan fingerprint density at radius 1 is 1.40 bits per heavy atom. The number of rotatable bonds is 3. The number of aromatic nitrogens is 1. The third-order valence-electron chi connectivity index (χ3n) is 2.38. The molecular formula is C12H7ClF3NO2S. The van der Waals surface area contributed by atoms with Crippen LogP contribution in [0.25, 0.3) is 0 Å². The summed E-state index contributed by atoms with van der Waals surface area (Å²) in [5.74, 6) is -0.393. The van der Waals surface area contributed by atoms with Crippen molar-refractivity contribution in [1.82, 2.24) is 4.98 Å². The molecule has 0 aliphatic rings. The molecule has 2 rings (SSSR count). The van der Waals surface area contributed by atoms with Crippen LogP contribution in [-0.4, -0.2) is 17.9 Å². The summed E-state index contributed by atoms with van der Waals surface area (Å²) in [4.78, 5) is 15.3. The summed E-state index contributed by atoms with van der Waals surface area (Å²) in [5.41, 5.74) is 0.134. The Balaban J connectivity index is 2.39. The Kier molecular flexibility index (Phi) is 4.01. The molecule has 0 fully saturated rings. The lowest BCUT2D eigenvalue weighted by atomic mass is 10.1. The first-order valence-electron chi connectivity index (χ1n) is 5.24. The zero-order valence-electron chi connectivity index (χ0n) is 9.99. The SMILES string of the molecule is COc1cc(Cl)ccc1C(=O)c1cnc(C(F)(F)F)s1. The molecular weight excluding hydrogens is 315 g/mol. The van der Waals surface area contributed by atoms with Gasteiger partial charge in [0.25, 0.3) is 0 Å². The van der Waals surface area contributed by atoms with Gasteiger partial charge < -0.3 is 4.74 Å². The Labute approximate surface area is 121 Å². The van der Waals surface area contributed by atoms with Crippen molar-refractivity contribution < 1.29 is 22.7 Å². The minimum absolute atomic E-state index is 0.113. The molecule has 0 amide bonds. The highest BCUT2D eigenvalue weighted by molar-refractivity contribution is 7.14. The zero-order chi connectivity index (χ0) is 14.9. The second-order valence-electron chi connectivity index (χ2n) is 3.70. The van der Waals surface area contributed by atoms with E-state index in [-0.39, 0.29) is 16.2 Å². The molecule has 0 spiro atoms. The number of alkyl halides is 3. The van der Waals surface area contributed by atoms with Crippen LogP contribution in [0.2, 0.25) is 5.02 Å². The lowest BCUT2D eigenvalue weighted by Gasteiger charge is -2.06. The van der Waals surface area contributed by atoms with E-state index in [4.69, 9.17) is 16.3 Å². The van der Waals surface area contributed by atoms with Crippen LogP contribution in [0.5, 0.6) is 5.75 Å². The van der Waals surface area contributed by atoms with E-state index in [9.17, 15) is 18.0 Å². The molecule has 1 heterocycles. The fraction of sp³-hybridized carbons (Fsp3) is 0.167. The summed E-state index contributed by atoms with van der Waals surface area (Å²) in [5, 5.41) is -0.701. The van der Waals surface area contributed by atoms with E-state index in [1.54, 1.807) is 0 Å². The summed E-state index contributed by atoms with van der Waals surface area (Å²) in [6.45, 7) is 0. The number of benzene rings is 1. The van der Waals surface area contributed by atoms with Gasteiger partial charge in [0, 0.05) is 11.2 Å². The second-order valence-corrected chi connectivity index (χ2v) is 5.17. The van der Waals surface area contributed by atoms with Gasteiger partial charge in [0.05, 0.1) is 17.6 Å². The summed E-state index contributed by atoms with van der Waals surface area (Å²) >= 11 is 6.05. The van der Waals surface area contributed by atoms with Gasteiger partial charge in [-0.3, -0.25) is 4.79 Å². The quantitative estimate of drug-likeness (QED) is 0.800. The van der Waals surface area contributed by atoms with Crippen molar-refractivity contribution in [3.8, 4) is 5.75 Å². The maximum atomic E-state index is 12.5. The van der Waals surface area contributed by atoms with Crippen molar-refractivity contribution >= 4 is 28.7 Å². The van der Waals surface area contributed by atoms with Gasteiger partial charge in [0.15, 0.2) is 5.01 Å². The Hall–Kier alpha value is -1.60. The van der Waals surface area contributed by atoms with E-state index in [1.807, 2.05) is 0 Å². The standard InChI is InChI=1S/C12H7ClF3NO2S/c1-19-8-4-6(13)2-3-7(8)10(18)9-5-17-11(20-9)12(14,15)16/h2-5H,1H3. The van der Waals surface area contributed by atoms with E-state index in [1.165, 1.54) is 25.3 Å². The van der Waals surface area contributed by atoms with Gasteiger partial charge in [-0.05, 0) is 18.2 Å². The van der Waals surface area contributed by atoms with Crippen LogP contribution in [0.4, 0.5) is 13.2 Å². The first-order chi connectivity index (χ1) is 9.32. The van der Waals surface area contributed by atoms with Crippen molar-refractivity contribution in [2.75, 3.05) is 7.11 Å². The van der Waals surface area contributed by atoms with Crippen LogP contribution in [0.3, 0.4) is 0 Å². The predicted molar refractivity (Wildman–Crippen MR) is 68.6 cm³/mol. The molecule has 8 heteroatoms. The highest BCUT2D eigenvalue weighted by Gasteiger charge is 2.35. The molecule has 0 N–H and O–H groups in total. The molecule has 20 heavy (non-hydrogen) atoms. The monoisotopic (exact) mass is 321 g/mol. The largest absolute Gasteiger partial charge is 0.496 e. The molecule has 3 nitrogen and oxygen atoms in total. The van der Waals surface area contributed by atoms with Gasteiger partial charge in [-0.2, -0.15) is 13.2 Å². The fourth-order valence-corrected chi connectivity index (χ4v) is 2.40. The second kappa shape index (κ2) is 5.41. The minimum Gasteiger partial charge on any atom is -0.496 e. The van der Waals surface area contributed by atoms with Crippen molar-refractivity contribution in [2.24, 2.45) is 0 Å². The smallest absolute Gasteiger partial charge is 0.443 e. The molecule has 0 unspecified atom stereocenters. The van der Waals surface area contributed by atoms with Crippen molar-refractivity contribution in [3.05, 3.63) is 44.9 Å². The molecule has 0 radical (unpaired) electrons. The number of carbonyl (C=O) groups excluding carboxylic acids is 1. The molecule has 0 atom stereocenters. The molecule has 0 saturated carbocycles. The van der Waals surface area contributed by atoms with Crippen LogP contribution in [0.15, 0.2) is 24.4 Å². The summed E-state index contributed by atoms with van der Waals surface area (Å²) in [6, 6.07) is 4.28. The molecule has 0 aliphatic carbocycles. The lowest BCUT2D eigenvalue weighted by molar-refractivity contribution is -0.137. The number of nitrogens with zero attached hydrogens (tertiary/aromatic N) is 1. The number of carbonyl (C=O) groups is 1. The van der Waals surface area contributed by atoms with Gasteiger partial charge in [0.1, 0.15) is 5.75 Å². The number of thiazole rings is 1. The number of ether oxygens (including phenoxy) is 1. The van der Waals surface area contributed by atoms with Gasteiger partial charge >= 0.3 is 6.18 Å². The van der Waals surface area contributed by atoms with E-state index < -0.39 is 17.0 Å². The fourth-order valence-electron chi connectivity index (χ4n) is 1.50. The maximum absolute atomic E-state index is 12.5. The van der Waals surface area contributed by atoms with Gasteiger partial charge in [0.2, 0.25) is 5.78 Å². The normalized spacial score (nSPS) is 11.4. The van der Waals surface area contributed by atoms with E-state index in [2.05, 4.69) is 4.98 Å². The summed E-state index contributed by atoms with van der Waals surface area (Å²) in [7, 11) is 1.34. The zero-order valence-corrected chi connectivity index (χ0v) is 11.6. The topological polar surface area (TPSA) is 39.2 Å². The Morgan fingerprint density at radius 2 is 2.10 bits per heavy atom. The number of halogens is 4. The Morgan fingerprint density at radius 3 is 2.65 bits per heavy atom. The number of ketones is 1. The highest BCUT2D eigenvalue weighted by atomic mass is 35.5. The van der Waals surface area contributed by atoms with E-state index >= 15 is 0 Å². The number of hydrogen-bond acceptors (Lipinski definition) is 4. The molecule has 1 aromatic heterocycles. The van der Waals surface area contributed by atoms with Crippen LogP contribution in [0.1, 0.15) is 20.2 Å². The van der Waals surface area contributed by atoms with Crippen molar-refractivity contribution in [3.63, 3.8) is 0 Å². The van der Waals surface area contributed by atoms with Crippen LogP contribution in [0, 0.1) is 0 Å². The molecule has 1 aromatic carbocycles. The molecule has 0 aliphatic heterocycles. The van der Waals surface area contributed by atoms with Gasteiger partial charge in [-0.1, -0.05) is 11.6 Å². The Bertz CT molecular complexity index is 654. The van der Waals surface area contributed by atoms with E-state index in [0.29, 0.717) is 16.4 Å². The first kappa shape index (κ1) is 14.8. The van der Waals surface area contributed by atoms with Gasteiger partial charge in [-0.25, -0.2) is 4.98 Å². The summed E-state index contributed by atoms with van der Waals surface area (Å²) < 4.78 is 42.4. The maximum Gasteiger partial charge on any atom is 0.443 e. The molecule has 0 saturated heterocycles. The number of methoxy groups -OCH3 is 1. The van der Waals surface area contributed by atoms with Crippen molar-refractivity contribution in [1.29, 1.82) is 0 Å². The average molecular weight is 322 g/mol. The highest BCUT2D eigenvalue weighted by Crippen LogP contribution is 2.34. The molecule has 0 bridgehead atoms. The lowest BCUT2D eigenvalue weighted by Crippen LogP contribution is -2.03. The minimum atomic E-state index is -4.56. The average Bonchev–Trinajstić information content (AvgIpc) is 2.87. The predicted octanol–water partition coefficient (Wildman–Crippen LogP) is 4.05. The van der Waals surface area contributed by atoms with Crippen LogP contribution < -0.4 is 4.74 Å². The van der Waals surface area contributed by atoms with Crippen LogP contribution in [-0.2, 0) is 6.18 Å². The van der Waals surface area contributed by atoms with Crippen molar-refractivity contribution in [2.45, 2.75) is 6.18 Å². The van der Waals surface area contributed by atoms with E-state index in [0.717, 1.165) is 6.20 Å². The molecule has 2 aromatic rings. The number of hydrogen-bond donors (Lipinski definition) is 0. The van der Waals surface area contributed by atoms with Gasteiger partial charge in [-0.15, -0.1) is 11.3 Å². The summed E-state index contributed by atoms with van der Waals surface area (Å²) in [6.07, 6.45) is -3.66. The third kappa shape index (κ3) is 2.94. The van der Waals surface area contributed by atoms with Crippen LogP contribution >= 0.6 is 22.9 Å².